The summed E-state index contributed by atoms with van der Waals surface area (Å²) in [6.07, 6.45) is 2.15. The number of furan rings is 1. The molecule has 2 aromatic rings. The fraction of sp³-hybridized carbons (Fsp3) is 0.200. The van der Waals surface area contributed by atoms with Gasteiger partial charge in [0.25, 0.3) is 11.8 Å². The van der Waals surface area contributed by atoms with Crippen molar-refractivity contribution < 1.29 is 14.0 Å². The van der Waals surface area contributed by atoms with Crippen molar-refractivity contribution in [2.45, 2.75) is 13.0 Å². The van der Waals surface area contributed by atoms with Gasteiger partial charge in [0.2, 0.25) is 0 Å². The number of hydrazine groups is 1. The quantitative estimate of drug-likeness (QED) is 0.502. The number of nitrogens with one attached hydrogen (secondary N) is 1. The summed E-state index contributed by atoms with van der Waals surface area (Å²) >= 11 is 0. The number of rotatable bonds is 3. The molecule has 1 aliphatic rings. The van der Waals surface area contributed by atoms with E-state index in [1.807, 2.05) is 29.7 Å². The lowest BCUT2D eigenvalue weighted by atomic mass is 9.99. The number of nitrogens with zero attached hydrogens (tertiary/aromatic N) is 1. The van der Waals surface area contributed by atoms with Gasteiger partial charge >= 0.3 is 0 Å². The number of hydrogen-bond acceptors (Lipinski definition) is 4. The standard InChI is InChI=1S/C15H15N3O3/c16-17-14(19)11-7-12(21-9-11)8-18-6-5-10-3-1-2-4-13(10)15(18)20/h1-4,7,9H,5-6,8,16H2,(H,17,19). The minimum Gasteiger partial charge on any atom is -0.467 e. The molecule has 21 heavy (non-hydrogen) atoms. The molecule has 2 heterocycles. The van der Waals surface area contributed by atoms with Crippen molar-refractivity contribution in [2.24, 2.45) is 5.84 Å². The maximum Gasteiger partial charge on any atom is 0.268 e. The van der Waals surface area contributed by atoms with E-state index in [0.29, 0.717) is 24.4 Å². The predicted octanol–water partition coefficient (Wildman–Crippen LogP) is 1.08. The van der Waals surface area contributed by atoms with Crippen LogP contribution in [0.4, 0.5) is 0 Å². The minimum atomic E-state index is -0.416. The molecule has 0 atom stereocenters. The summed E-state index contributed by atoms with van der Waals surface area (Å²) in [5.74, 6) is 5.19. The lowest BCUT2D eigenvalue weighted by Gasteiger charge is -2.27. The van der Waals surface area contributed by atoms with E-state index in [1.54, 1.807) is 11.0 Å². The second-order valence-electron chi connectivity index (χ2n) is 4.91. The van der Waals surface area contributed by atoms with Gasteiger partial charge in [-0.3, -0.25) is 15.0 Å². The second-order valence-corrected chi connectivity index (χ2v) is 4.91. The lowest BCUT2D eigenvalue weighted by molar-refractivity contribution is 0.0715. The Morgan fingerprint density at radius 1 is 1.38 bits per heavy atom. The van der Waals surface area contributed by atoms with Gasteiger partial charge in [-0.15, -0.1) is 0 Å². The van der Waals surface area contributed by atoms with Crippen LogP contribution in [0.1, 0.15) is 32.0 Å². The Kier molecular flexibility index (Phi) is 3.45. The first-order valence-corrected chi connectivity index (χ1v) is 6.64. The summed E-state index contributed by atoms with van der Waals surface area (Å²) in [6.45, 7) is 0.972. The highest BCUT2D eigenvalue weighted by Crippen LogP contribution is 2.21. The number of carbonyl (C=O) groups is 2. The number of nitrogens with two attached hydrogens (primary N) is 1. The summed E-state index contributed by atoms with van der Waals surface area (Å²) < 4.78 is 5.32. The van der Waals surface area contributed by atoms with Gasteiger partial charge < -0.3 is 9.32 Å². The maximum atomic E-state index is 12.4. The SMILES string of the molecule is NNC(=O)c1coc(CN2CCc3ccccc3C2=O)c1. The zero-order valence-corrected chi connectivity index (χ0v) is 11.3. The van der Waals surface area contributed by atoms with Crippen molar-refractivity contribution in [1.29, 1.82) is 0 Å². The van der Waals surface area contributed by atoms with Gasteiger partial charge in [0.15, 0.2) is 0 Å². The van der Waals surface area contributed by atoms with Crippen molar-refractivity contribution in [2.75, 3.05) is 6.54 Å². The molecule has 0 radical (unpaired) electrons. The summed E-state index contributed by atoms with van der Waals surface area (Å²) in [6, 6.07) is 9.19. The molecule has 108 valence electrons. The summed E-state index contributed by atoms with van der Waals surface area (Å²) in [5, 5.41) is 0. The Morgan fingerprint density at radius 2 is 2.19 bits per heavy atom. The molecule has 1 aromatic carbocycles. The fourth-order valence-corrected chi connectivity index (χ4v) is 2.48. The van der Waals surface area contributed by atoms with Crippen molar-refractivity contribution in [1.82, 2.24) is 10.3 Å². The van der Waals surface area contributed by atoms with E-state index in [0.717, 1.165) is 17.5 Å². The van der Waals surface area contributed by atoms with Crippen molar-refractivity contribution in [3.05, 3.63) is 59.0 Å². The van der Waals surface area contributed by atoms with Crippen LogP contribution in [0.2, 0.25) is 0 Å². The molecule has 2 amide bonds. The average Bonchev–Trinajstić information content (AvgIpc) is 2.98. The first-order valence-electron chi connectivity index (χ1n) is 6.64. The molecule has 0 saturated heterocycles. The summed E-state index contributed by atoms with van der Waals surface area (Å²) in [4.78, 5) is 25.5. The average molecular weight is 285 g/mol. The molecule has 6 nitrogen and oxygen atoms in total. The molecule has 1 aromatic heterocycles. The third-order valence-corrected chi connectivity index (χ3v) is 3.58. The van der Waals surface area contributed by atoms with E-state index in [4.69, 9.17) is 10.3 Å². The Balaban J connectivity index is 1.76. The molecule has 0 unspecified atom stereocenters. The predicted molar refractivity (Wildman–Crippen MR) is 75.2 cm³/mol. The lowest BCUT2D eigenvalue weighted by Crippen LogP contribution is -2.36. The van der Waals surface area contributed by atoms with Crippen LogP contribution in [-0.4, -0.2) is 23.3 Å². The molecule has 3 rings (SSSR count). The van der Waals surface area contributed by atoms with E-state index < -0.39 is 5.91 Å². The molecule has 3 N–H and O–H groups in total. The topological polar surface area (TPSA) is 88.6 Å². The van der Waals surface area contributed by atoms with Crippen molar-refractivity contribution >= 4 is 11.8 Å². The van der Waals surface area contributed by atoms with Crippen LogP contribution >= 0.6 is 0 Å². The number of nitrogen functional groups attached to an aromatic ring is 1. The van der Waals surface area contributed by atoms with Gasteiger partial charge in [-0.1, -0.05) is 18.2 Å². The van der Waals surface area contributed by atoms with Crippen LogP contribution in [0.15, 0.2) is 41.0 Å². The highest BCUT2D eigenvalue weighted by molar-refractivity contribution is 5.96. The highest BCUT2D eigenvalue weighted by Gasteiger charge is 2.24. The third kappa shape index (κ3) is 2.53. The van der Waals surface area contributed by atoms with Crippen LogP contribution in [0.5, 0.6) is 0 Å². The molecular weight excluding hydrogens is 270 g/mol. The van der Waals surface area contributed by atoms with Crippen LogP contribution < -0.4 is 11.3 Å². The van der Waals surface area contributed by atoms with Crippen LogP contribution in [0, 0.1) is 0 Å². The van der Waals surface area contributed by atoms with Gasteiger partial charge in [0, 0.05) is 12.1 Å². The first kappa shape index (κ1) is 13.4. The maximum absolute atomic E-state index is 12.4. The van der Waals surface area contributed by atoms with Crippen molar-refractivity contribution in [3.63, 3.8) is 0 Å². The summed E-state index contributed by atoms with van der Waals surface area (Å²) in [7, 11) is 0. The fourth-order valence-electron chi connectivity index (χ4n) is 2.48. The Morgan fingerprint density at radius 3 is 3.00 bits per heavy atom. The van der Waals surface area contributed by atoms with E-state index in [1.165, 1.54) is 6.26 Å². The van der Waals surface area contributed by atoms with Gasteiger partial charge in [-0.2, -0.15) is 0 Å². The number of hydrogen-bond donors (Lipinski definition) is 2. The minimum absolute atomic E-state index is 0.0157. The van der Waals surface area contributed by atoms with E-state index in [-0.39, 0.29) is 5.91 Å². The molecule has 0 aliphatic carbocycles. The Hall–Kier alpha value is -2.60. The van der Waals surface area contributed by atoms with Crippen molar-refractivity contribution in [3.8, 4) is 0 Å². The number of benzene rings is 1. The van der Waals surface area contributed by atoms with Gasteiger partial charge in [0.1, 0.15) is 12.0 Å². The molecule has 1 aliphatic heterocycles. The molecule has 0 spiro atoms. The molecular formula is C15H15N3O3. The Labute approximate surface area is 121 Å². The van der Waals surface area contributed by atoms with Crippen LogP contribution in [0.25, 0.3) is 0 Å². The Bertz CT molecular complexity index is 693. The summed E-state index contributed by atoms with van der Waals surface area (Å²) in [5.41, 5.74) is 4.19. The zero-order valence-electron chi connectivity index (χ0n) is 11.3. The van der Waals surface area contributed by atoms with Gasteiger partial charge in [-0.05, 0) is 24.1 Å². The van der Waals surface area contributed by atoms with E-state index >= 15 is 0 Å². The smallest absolute Gasteiger partial charge is 0.268 e. The van der Waals surface area contributed by atoms with Gasteiger partial charge in [0.05, 0.1) is 12.1 Å². The van der Waals surface area contributed by atoms with E-state index in [2.05, 4.69) is 0 Å². The largest absolute Gasteiger partial charge is 0.467 e. The zero-order chi connectivity index (χ0) is 14.8. The molecule has 0 fully saturated rings. The molecule has 6 heteroatoms. The van der Waals surface area contributed by atoms with Crippen LogP contribution in [-0.2, 0) is 13.0 Å². The second kappa shape index (κ2) is 5.41. The number of amides is 2. The monoisotopic (exact) mass is 285 g/mol. The number of fused-ring (bicyclic) bond motifs is 1. The third-order valence-electron chi connectivity index (χ3n) is 3.58. The van der Waals surface area contributed by atoms with E-state index in [9.17, 15) is 9.59 Å². The normalized spacial score (nSPS) is 14.0. The highest BCUT2D eigenvalue weighted by atomic mass is 16.3. The number of carbonyl (C=O) groups excluding carboxylic acids is 2. The van der Waals surface area contributed by atoms with Crippen LogP contribution in [0.3, 0.4) is 0 Å². The first-order chi connectivity index (χ1) is 10.2. The molecule has 0 saturated carbocycles. The molecule has 0 bridgehead atoms. The van der Waals surface area contributed by atoms with Gasteiger partial charge in [-0.25, -0.2) is 5.84 Å².